The van der Waals surface area contributed by atoms with Crippen molar-refractivity contribution in [1.82, 2.24) is 14.9 Å². The van der Waals surface area contributed by atoms with Gasteiger partial charge in [0.25, 0.3) is 0 Å². The van der Waals surface area contributed by atoms with E-state index in [2.05, 4.69) is 28.0 Å². The predicted octanol–water partition coefficient (Wildman–Crippen LogP) is 2.31. The fraction of sp³-hybridized carbons (Fsp3) is 0.280. The molecule has 0 unspecified atom stereocenters. The molecule has 3 aromatic rings. The zero-order valence-electron chi connectivity index (χ0n) is 19.1. The van der Waals surface area contributed by atoms with Crippen molar-refractivity contribution in [3.8, 4) is 11.4 Å². The summed E-state index contributed by atoms with van der Waals surface area (Å²) < 4.78 is 5.18. The number of nitrogens with two attached hydrogens (primary N) is 2. The standard InChI is InChI=1S/C25H27N7O2/c1-16-17(4-7-21-22(16)14-34-25(21)33)8-10-31-11-9-23-19(13-31)12-28-24(30-23)18-2-5-20(6-3-18)32(27)15-29-26/h2-7,12,15H,8-11,13-14,26-27H2,1H3/b29-15-. The highest BCUT2D eigenvalue weighted by Crippen LogP contribution is 2.27. The number of rotatable bonds is 6. The Labute approximate surface area is 198 Å². The van der Waals surface area contributed by atoms with Crippen LogP contribution in [0.15, 0.2) is 47.7 Å². The van der Waals surface area contributed by atoms with Gasteiger partial charge in [0.05, 0.1) is 16.9 Å². The second-order valence-electron chi connectivity index (χ2n) is 8.61. The molecule has 0 amide bonds. The van der Waals surface area contributed by atoms with Gasteiger partial charge in [-0.15, -0.1) is 0 Å². The highest BCUT2D eigenvalue weighted by atomic mass is 16.5. The number of fused-ring (bicyclic) bond motifs is 2. The average molecular weight is 458 g/mol. The van der Waals surface area contributed by atoms with Gasteiger partial charge >= 0.3 is 5.97 Å². The minimum absolute atomic E-state index is 0.213. The first-order chi connectivity index (χ1) is 16.5. The van der Waals surface area contributed by atoms with Crippen molar-refractivity contribution in [1.29, 1.82) is 0 Å². The van der Waals surface area contributed by atoms with E-state index in [4.69, 9.17) is 21.4 Å². The molecular formula is C25H27N7O2. The van der Waals surface area contributed by atoms with Gasteiger partial charge in [-0.2, -0.15) is 5.10 Å². The van der Waals surface area contributed by atoms with Crippen LogP contribution in [0.3, 0.4) is 0 Å². The maximum Gasteiger partial charge on any atom is 0.338 e. The Bertz CT molecular complexity index is 1260. The van der Waals surface area contributed by atoms with Gasteiger partial charge in [0.2, 0.25) is 0 Å². The lowest BCUT2D eigenvalue weighted by molar-refractivity contribution is 0.0535. The molecule has 0 bridgehead atoms. The fourth-order valence-electron chi connectivity index (χ4n) is 4.57. The number of hydrazone groups is 1. The molecule has 2 aliphatic rings. The lowest BCUT2D eigenvalue weighted by atomic mass is 9.96. The number of carbonyl (C=O) groups excluding carboxylic acids is 1. The zero-order chi connectivity index (χ0) is 23.7. The van der Waals surface area contributed by atoms with Crippen molar-refractivity contribution in [3.05, 3.63) is 76.1 Å². The molecule has 2 aliphatic heterocycles. The molecule has 0 atom stereocenters. The Kier molecular flexibility index (Phi) is 5.95. The molecule has 9 heteroatoms. The van der Waals surface area contributed by atoms with Gasteiger partial charge in [-0.1, -0.05) is 6.07 Å². The fourth-order valence-corrected chi connectivity index (χ4v) is 4.57. The number of hydrogen-bond acceptors (Lipinski definition) is 8. The van der Waals surface area contributed by atoms with E-state index in [-0.39, 0.29) is 5.97 Å². The van der Waals surface area contributed by atoms with E-state index >= 15 is 0 Å². The SMILES string of the molecule is Cc1c(CCN2CCc3nc(-c4ccc(N(N)/C=N\N)cc4)ncc3C2)ccc2c1COC2=O. The maximum atomic E-state index is 11.8. The van der Waals surface area contributed by atoms with Crippen LogP contribution in [0.2, 0.25) is 0 Å². The first-order valence-corrected chi connectivity index (χ1v) is 11.3. The third-order valence-electron chi connectivity index (χ3n) is 6.60. The van der Waals surface area contributed by atoms with Gasteiger partial charge in [-0.05, 0) is 54.8 Å². The largest absolute Gasteiger partial charge is 0.457 e. The van der Waals surface area contributed by atoms with Crippen molar-refractivity contribution in [2.75, 3.05) is 18.1 Å². The summed E-state index contributed by atoms with van der Waals surface area (Å²) in [4.78, 5) is 23.7. The number of ether oxygens (including phenoxy) is 1. The molecule has 1 aromatic heterocycles. The Morgan fingerprint density at radius 2 is 2.06 bits per heavy atom. The quantitative estimate of drug-likeness (QED) is 0.190. The van der Waals surface area contributed by atoms with E-state index in [1.165, 1.54) is 28.0 Å². The summed E-state index contributed by atoms with van der Waals surface area (Å²) >= 11 is 0. The van der Waals surface area contributed by atoms with E-state index in [0.29, 0.717) is 18.0 Å². The van der Waals surface area contributed by atoms with Crippen molar-refractivity contribution >= 4 is 18.0 Å². The number of cyclic esters (lactones) is 1. The molecule has 5 rings (SSSR count). The monoisotopic (exact) mass is 457 g/mol. The van der Waals surface area contributed by atoms with Crippen molar-refractivity contribution in [2.45, 2.75) is 32.9 Å². The van der Waals surface area contributed by atoms with Crippen molar-refractivity contribution in [2.24, 2.45) is 16.8 Å². The number of hydrogen-bond donors (Lipinski definition) is 2. The number of aromatic nitrogens is 2. The number of carbonyl (C=O) groups is 1. The molecule has 3 heterocycles. The number of esters is 1. The predicted molar refractivity (Wildman–Crippen MR) is 130 cm³/mol. The number of anilines is 1. The van der Waals surface area contributed by atoms with Gasteiger partial charge in [-0.3, -0.25) is 9.91 Å². The van der Waals surface area contributed by atoms with Crippen LogP contribution in [0, 0.1) is 6.92 Å². The number of benzene rings is 2. The summed E-state index contributed by atoms with van der Waals surface area (Å²) in [5.41, 5.74) is 8.16. The Hall–Kier alpha value is -3.82. The molecule has 34 heavy (non-hydrogen) atoms. The summed E-state index contributed by atoms with van der Waals surface area (Å²) in [5.74, 6) is 11.5. The summed E-state index contributed by atoms with van der Waals surface area (Å²) in [6, 6.07) is 11.6. The Morgan fingerprint density at radius 3 is 2.85 bits per heavy atom. The number of nitrogens with zero attached hydrogens (tertiary/aromatic N) is 5. The van der Waals surface area contributed by atoms with Crippen LogP contribution in [0.4, 0.5) is 5.69 Å². The lowest BCUT2D eigenvalue weighted by Crippen LogP contribution is -2.33. The van der Waals surface area contributed by atoms with Crippen LogP contribution in [-0.4, -0.2) is 40.3 Å². The van der Waals surface area contributed by atoms with E-state index < -0.39 is 0 Å². The average Bonchev–Trinajstić information content (AvgIpc) is 3.25. The molecule has 0 saturated carbocycles. The zero-order valence-corrected chi connectivity index (χ0v) is 19.1. The van der Waals surface area contributed by atoms with Gasteiger partial charge in [-0.25, -0.2) is 20.6 Å². The minimum Gasteiger partial charge on any atom is -0.457 e. The van der Waals surface area contributed by atoms with Gasteiger partial charge in [0.1, 0.15) is 12.9 Å². The second-order valence-corrected chi connectivity index (χ2v) is 8.61. The van der Waals surface area contributed by atoms with Crippen molar-refractivity contribution in [3.63, 3.8) is 0 Å². The normalized spacial score (nSPS) is 15.3. The summed E-state index contributed by atoms with van der Waals surface area (Å²) in [5, 5.41) is 4.78. The topological polar surface area (TPSA) is 123 Å². The molecule has 0 aliphatic carbocycles. The third-order valence-corrected chi connectivity index (χ3v) is 6.60. The van der Waals surface area contributed by atoms with Crippen LogP contribution in [0.25, 0.3) is 11.4 Å². The number of hydrazine groups is 1. The first kappa shape index (κ1) is 22.0. The molecule has 4 N–H and O–H groups in total. The molecule has 0 fully saturated rings. The van der Waals surface area contributed by atoms with Crippen LogP contribution in [-0.2, 0) is 30.7 Å². The molecule has 0 saturated heterocycles. The molecule has 0 spiro atoms. The minimum atomic E-state index is -0.213. The molecule has 2 aromatic carbocycles. The molecule has 0 radical (unpaired) electrons. The second kappa shape index (κ2) is 9.20. The van der Waals surface area contributed by atoms with Crippen LogP contribution < -0.4 is 16.7 Å². The van der Waals surface area contributed by atoms with Gasteiger partial charge < -0.3 is 10.6 Å². The lowest BCUT2D eigenvalue weighted by Gasteiger charge is -2.28. The third kappa shape index (κ3) is 4.23. The summed E-state index contributed by atoms with van der Waals surface area (Å²) in [6.07, 6.45) is 5.10. The highest BCUT2D eigenvalue weighted by Gasteiger charge is 2.24. The van der Waals surface area contributed by atoms with Crippen molar-refractivity contribution < 1.29 is 9.53 Å². The van der Waals surface area contributed by atoms with E-state index in [0.717, 1.165) is 55.0 Å². The van der Waals surface area contributed by atoms with E-state index in [1.807, 2.05) is 36.5 Å². The highest BCUT2D eigenvalue weighted by molar-refractivity contribution is 5.93. The molecule has 9 nitrogen and oxygen atoms in total. The van der Waals surface area contributed by atoms with Crippen LogP contribution >= 0.6 is 0 Å². The smallest absolute Gasteiger partial charge is 0.338 e. The molecular weight excluding hydrogens is 430 g/mol. The summed E-state index contributed by atoms with van der Waals surface area (Å²) in [6.45, 7) is 5.20. The Morgan fingerprint density at radius 1 is 1.24 bits per heavy atom. The van der Waals surface area contributed by atoms with Crippen LogP contribution in [0.5, 0.6) is 0 Å². The van der Waals surface area contributed by atoms with Gasteiger partial charge in [0.15, 0.2) is 5.82 Å². The summed E-state index contributed by atoms with van der Waals surface area (Å²) in [7, 11) is 0. The van der Waals surface area contributed by atoms with Crippen LogP contribution in [0.1, 0.15) is 38.3 Å². The molecule has 174 valence electrons. The van der Waals surface area contributed by atoms with E-state index in [9.17, 15) is 4.79 Å². The Balaban J connectivity index is 1.24. The maximum absolute atomic E-state index is 11.8. The first-order valence-electron chi connectivity index (χ1n) is 11.3. The van der Waals surface area contributed by atoms with Gasteiger partial charge in [0, 0.05) is 48.9 Å². The van der Waals surface area contributed by atoms with E-state index in [1.54, 1.807) is 0 Å².